The van der Waals surface area contributed by atoms with Gasteiger partial charge in [0.1, 0.15) is 0 Å². The van der Waals surface area contributed by atoms with Gasteiger partial charge in [-0.3, -0.25) is 0 Å². The van der Waals surface area contributed by atoms with E-state index in [1.165, 1.54) is 22.4 Å². The van der Waals surface area contributed by atoms with Crippen LogP contribution in [0.5, 0.6) is 0 Å². The van der Waals surface area contributed by atoms with Crippen LogP contribution in [0.2, 0.25) is 0 Å². The molecule has 2 aromatic carbocycles. The van der Waals surface area contributed by atoms with Crippen LogP contribution >= 0.6 is 0 Å². The van der Waals surface area contributed by atoms with Gasteiger partial charge in [0.15, 0.2) is 0 Å². The third-order valence-electron chi connectivity index (χ3n) is 3.20. The lowest BCUT2D eigenvalue weighted by Gasteiger charge is -2.15. The van der Waals surface area contributed by atoms with Crippen LogP contribution in [0.15, 0.2) is 36.4 Å². The minimum atomic E-state index is 1.16. The van der Waals surface area contributed by atoms with Crippen molar-refractivity contribution >= 4 is 5.69 Å². The molecule has 87 valence electrons. The van der Waals surface area contributed by atoms with E-state index in [2.05, 4.69) is 69.2 Å². The molecule has 1 radical (unpaired) electrons. The fraction of sp³-hybridized carbons (Fsp3) is 0.250. The van der Waals surface area contributed by atoms with Gasteiger partial charge in [-0.25, -0.2) is 0 Å². The molecule has 0 aliphatic rings. The summed E-state index contributed by atoms with van der Waals surface area (Å²) in [6, 6.07) is 16.0. The molecule has 0 aliphatic carbocycles. The molecule has 0 aliphatic heterocycles. The summed E-state index contributed by atoms with van der Waals surface area (Å²) in [6.45, 7) is 4.31. The van der Waals surface area contributed by atoms with Gasteiger partial charge >= 0.3 is 0 Å². The Labute approximate surface area is 104 Å². The van der Waals surface area contributed by atoms with Crippen molar-refractivity contribution in [3.8, 4) is 11.1 Å². The van der Waals surface area contributed by atoms with E-state index in [1.54, 1.807) is 0 Å². The van der Waals surface area contributed by atoms with E-state index < -0.39 is 0 Å². The summed E-state index contributed by atoms with van der Waals surface area (Å²) < 4.78 is 0. The van der Waals surface area contributed by atoms with Crippen LogP contribution in [-0.2, 0) is 0 Å². The van der Waals surface area contributed by atoms with Gasteiger partial charge in [0.25, 0.3) is 0 Å². The van der Waals surface area contributed by atoms with Crippen molar-refractivity contribution in [2.24, 2.45) is 0 Å². The van der Waals surface area contributed by atoms with Gasteiger partial charge in [-0.1, -0.05) is 24.3 Å². The number of rotatable bonds is 2. The SMILES string of the molecule is Cc1cccc(-c2[c]ccc(N(C)C)c2)c1C. The third-order valence-corrected chi connectivity index (χ3v) is 3.20. The summed E-state index contributed by atoms with van der Waals surface area (Å²) >= 11 is 0. The van der Waals surface area contributed by atoms with Crippen molar-refractivity contribution in [3.05, 3.63) is 53.6 Å². The molecule has 1 heteroatoms. The van der Waals surface area contributed by atoms with Crippen LogP contribution in [0.25, 0.3) is 11.1 Å². The number of hydrogen-bond acceptors (Lipinski definition) is 1. The first kappa shape index (κ1) is 11.7. The van der Waals surface area contributed by atoms with Crippen LogP contribution < -0.4 is 4.90 Å². The van der Waals surface area contributed by atoms with E-state index in [-0.39, 0.29) is 0 Å². The fourth-order valence-electron chi connectivity index (χ4n) is 1.93. The molecule has 1 nitrogen and oxygen atoms in total. The first-order valence-electron chi connectivity index (χ1n) is 5.85. The molecule has 0 saturated carbocycles. The predicted octanol–water partition coefficient (Wildman–Crippen LogP) is 3.84. The molecular formula is C16H18N. The Morgan fingerprint density at radius 3 is 2.53 bits per heavy atom. The lowest BCUT2D eigenvalue weighted by molar-refractivity contribution is 1.13. The predicted molar refractivity (Wildman–Crippen MR) is 74.5 cm³/mol. The third kappa shape index (κ3) is 2.33. The normalized spacial score (nSPS) is 10.4. The monoisotopic (exact) mass is 224 g/mol. The molecule has 0 heterocycles. The molecule has 0 N–H and O–H groups in total. The zero-order valence-electron chi connectivity index (χ0n) is 10.9. The van der Waals surface area contributed by atoms with Crippen molar-refractivity contribution in [2.45, 2.75) is 13.8 Å². The van der Waals surface area contributed by atoms with E-state index in [4.69, 9.17) is 0 Å². The average Bonchev–Trinajstić information content (AvgIpc) is 2.33. The average molecular weight is 224 g/mol. The summed E-state index contributed by atoms with van der Waals surface area (Å²) in [6.07, 6.45) is 0. The first-order chi connectivity index (χ1) is 8.09. The van der Waals surface area contributed by atoms with Crippen molar-refractivity contribution in [3.63, 3.8) is 0 Å². The van der Waals surface area contributed by atoms with E-state index in [0.29, 0.717) is 0 Å². The van der Waals surface area contributed by atoms with Gasteiger partial charge < -0.3 is 4.90 Å². The molecule has 0 spiro atoms. The second kappa shape index (κ2) is 4.62. The molecule has 0 atom stereocenters. The van der Waals surface area contributed by atoms with Crippen LogP contribution in [-0.4, -0.2) is 14.1 Å². The van der Waals surface area contributed by atoms with Gasteiger partial charge in [0, 0.05) is 19.8 Å². The Kier molecular flexibility index (Phi) is 3.19. The Morgan fingerprint density at radius 2 is 1.82 bits per heavy atom. The van der Waals surface area contributed by atoms with Crippen molar-refractivity contribution in [2.75, 3.05) is 19.0 Å². The molecule has 0 bridgehead atoms. The highest BCUT2D eigenvalue weighted by Gasteiger charge is 2.05. The number of anilines is 1. The highest BCUT2D eigenvalue weighted by atomic mass is 15.1. The summed E-state index contributed by atoms with van der Waals surface area (Å²) in [5.74, 6) is 0. The smallest absolute Gasteiger partial charge is 0.0367 e. The van der Waals surface area contributed by atoms with Gasteiger partial charge in [0.2, 0.25) is 0 Å². The zero-order valence-corrected chi connectivity index (χ0v) is 10.9. The molecule has 2 rings (SSSR count). The molecule has 0 unspecified atom stereocenters. The minimum Gasteiger partial charge on any atom is -0.378 e. The maximum absolute atomic E-state index is 3.32. The number of hydrogen-bond donors (Lipinski definition) is 0. The maximum Gasteiger partial charge on any atom is 0.0367 e. The minimum absolute atomic E-state index is 1.16. The fourth-order valence-corrected chi connectivity index (χ4v) is 1.93. The molecule has 0 amide bonds. The quantitative estimate of drug-likeness (QED) is 0.749. The Balaban J connectivity index is 2.53. The Morgan fingerprint density at radius 1 is 1.06 bits per heavy atom. The van der Waals surface area contributed by atoms with Crippen molar-refractivity contribution < 1.29 is 0 Å². The summed E-state index contributed by atoms with van der Waals surface area (Å²) in [5, 5.41) is 0. The van der Waals surface area contributed by atoms with E-state index >= 15 is 0 Å². The Bertz CT molecular complexity index is 527. The zero-order chi connectivity index (χ0) is 12.4. The standard InChI is InChI=1S/C16H18N/c1-12-7-5-10-16(13(12)2)14-8-6-9-15(11-14)17(3)4/h5-7,9-11H,1-4H3. The topological polar surface area (TPSA) is 3.24 Å². The Hall–Kier alpha value is -1.76. The van der Waals surface area contributed by atoms with Crippen molar-refractivity contribution in [1.29, 1.82) is 0 Å². The van der Waals surface area contributed by atoms with Crippen LogP contribution in [0.3, 0.4) is 0 Å². The second-order valence-corrected chi connectivity index (χ2v) is 4.60. The summed E-state index contributed by atoms with van der Waals surface area (Å²) in [7, 11) is 4.12. The molecule has 17 heavy (non-hydrogen) atoms. The second-order valence-electron chi connectivity index (χ2n) is 4.60. The molecule has 0 fully saturated rings. The highest BCUT2D eigenvalue weighted by molar-refractivity contribution is 5.71. The van der Waals surface area contributed by atoms with Gasteiger partial charge in [0.05, 0.1) is 0 Å². The highest BCUT2D eigenvalue weighted by Crippen LogP contribution is 2.27. The first-order valence-corrected chi connectivity index (χ1v) is 5.85. The molecule has 0 aromatic heterocycles. The number of benzene rings is 2. The van der Waals surface area contributed by atoms with Gasteiger partial charge in [-0.05, 0) is 54.3 Å². The van der Waals surface area contributed by atoms with Crippen LogP contribution in [0, 0.1) is 19.9 Å². The lowest BCUT2D eigenvalue weighted by Crippen LogP contribution is -2.08. The number of nitrogens with zero attached hydrogens (tertiary/aromatic N) is 1. The maximum atomic E-state index is 3.32. The van der Waals surface area contributed by atoms with Gasteiger partial charge in [-0.15, -0.1) is 0 Å². The van der Waals surface area contributed by atoms with E-state index in [9.17, 15) is 0 Å². The molecule has 0 saturated heterocycles. The lowest BCUT2D eigenvalue weighted by atomic mass is 9.97. The molecule has 2 aromatic rings. The van der Waals surface area contributed by atoms with E-state index in [0.717, 1.165) is 5.56 Å². The van der Waals surface area contributed by atoms with Crippen LogP contribution in [0.1, 0.15) is 11.1 Å². The van der Waals surface area contributed by atoms with Crippen molar-refractivity contribution in [1.82, 2.24) is 0 Å². The van der Waals surface area contributed by atoms with Gasteiger partial charge in [-0.2, -0.15) is 0 Å². The summed E-state index contributed by atoms with van der Waals surface area (Å²) in [5.41, 5.74) is 6.30. The summed E-state index contributed by atoms with van der Waals surface area (Å²) in [4.78, 5) is 2.11. The largest absolute Gasteiger partial charge is 0.378 e. The number of aryl methyl sites for hydroxylation is 1. The molecular weight excluding hydrogens is 206 g/mol. The van der Waals surface area contributed by atoms with Crippen LogP contribution in [0.4, 0.5) is 5.69 Å². The van der Waals surface area contributed by atoms with E-state index in [1.807, 2.05) is 6.07 Å².